The highest BCUT2D eigenvalue weighted by Gasteiger charge is 2.27. The minimum atomic E-state index is -0.0339. The van der Waals surface area contributed by atoms with E-state index in [4.69, 9.17) is 0 Å². The van der Waals surface area contributed by atoms with Gasteiger partial charge >= 0.3 is 0 Å². The van der Waals surface area contributed by atoms with Gasteiger partial charge < -0.3 is 10.6 Å². The Morgan fingerprint density at radius 3 is 2.62 bits per heavy atom. The third-order valence-corrected chi connectivity index (χ3v) is 4.04. The minimum absolute atomic E-state index is 0.0339. The fraction of sp³-hybridized carbons (Fsp3) is 0.923. The van der Waals surface area contributed by atoms with Gasteiger partial charge in [-0.1, -0.05) is 19.8 Å². The zero-order valence-electron chi connectivity index (χ0n) is 10.5. The maximum Gasteiger partial charge on any atom is 0.237 e. The summed E-state index contributed by atoms with van der Waals surface area (Å²) in [5.74, 6) is 1.77. The zero-order valence-corrected chi connectivity index (χ0v) is 10.5. The van der Waals surface area contributed by atoms with E-state index in [2.05, 4.69) is 17.6 Å². The van der Waals surface area contributed by atoms with Gasteiger partial charge in [-0.25, -0.2) is 0 Å². The van der Waals surface area contributed by atoms with Crippen LogP contribution in [-0.2, 0) is 4.79 Å². The van der Waals surface area contributed by atoms with Crippen molar-refractivity contribution >= 4 is 5.91 Å². The molecule has 0 radical (unpaired) electrons. The van der Waals surface area contributed by atoms with Crippen molar-refractivity contribution in [2.24, 2.45) is 11.8 Å². The predicted octanol–water partition coefficient (Wildman–Crippen LogP) is 1.68. The van der Waals surface area contributed by atoms with Gasteiger partial charge in [-0.2, -0.15) is 0 Å². The average molecular weight is 224 g/mol. The Labute approximate surface area is 98.4 Å². The highest BCUT2D eigenvalue weighted by atomic mass is 16.2. The van der Waals surface area contributed by atoms with Gasteiger partial charge in [0.25, 0.3) is 0 Å². The topological polar surface area (TPSA) is 41.1 Å². The molecule has 0 saturated heterocycles. The summed E-state index contributed by atoms with van der Waals surface area (Å²) in [6.07, 6.45) is 6.37. The summed E-state index contributed by atoms with van der Waals surface area (Å²) in [7, 11) is 0. The Hall–Kier alpha value is -0.570. The molecule has 0 heterocycles. The van der Waals surface area contributed by atoms with Crippen LogP contribution in [0.2, 0.25) is 0 Å². The van der Waals surface area contributed by atoms with Gasteiger partial charge in [0.05, 0.1) is 6.04 Å². The second-order valence-corrected chi connectivity index (χ2v) is 5.58. The van der Waals surface area contributed by atoms with Crippen molar-refractivity contribution < 1.29 is 4.79 Å². The molecule has 2 aliphatic carbocycles. The van der Waals surface area contributed by atoms with Crippen LogP contribution in [-0.4, -0.2) is 24.5 Å². The van der Waals surface area contributed by atoms with Gasteiger partial charge in [-0.15, -0.1) is 0 Å². The Bertz CT molecular complexity index is 250. The number of carbonyl (C=O) groups excluding carboxylic acids is 1. The van der Waals surface area contributed by atoms with Crippen LogP contribution >= 0.6 is 0 Å². The predicted molar refractivity (Wildman–Crippen MR) is 65.1 cm³/mol. The minimum Gasteiger partial charge on any atom is -0.352 e. The van der Waals surface area contributed by atoms with Crippen molar-refractivity contribution in [3.05, 3.63) is 0 Å². The van der Waals surface area contributed by atoms with Crippen LogP contribution < -0.4 is 10.6 Å². The number of carbonyl (C=O) groups is 1. The third kappa shape index (κ3) is 3.21. The molecule has 3 nitrogen and oxygen atoms in total. The lowest BCUT2D eigenvalue weighted by Gasteiger charge is -2.19. The van der Waals surface area contributed by atoms with E-state index in [0.29, 0.717) is 6.04 Å². The molecule has 16 heavy (non-hydrogen) atoms. The molecule has 0 aromatic carbocycles. The summed E-state index contributed by atoms with van der Waals surface area (Å²) in [4.78, 5) is 11.7. The molecular formula is C13H24N2O. The molecule has 3 unspecified atom stereocenters. The molecule has 0 aliphatic heterocycles. The first-order valence-electron chi connectivity index (χ1n) is 6.70. The molecule has 1 amide bonds. The molecule has 2 rings (SSSR count). The van der Waals surface area contributed by atoms with E-state index in [1.807, 2.05) is 6.92 Å². The van der Waals surface area contributed by atoms with Crippen LogP contribution in [0.3, 0.4) is 0 Å². The molecule has 0 spiro atoms. The SMILES string of the molecule is CC(NCC1CCCC1C)C(=O)NC1CC1. The van der Waals surface area contributed by atoms with Gasteiger partial charge in [0.1, 0.15) is 0 Å². The Morgan fingerprint density at radius 2 is 2.06 bits per heavy atom. The molecule has 2 fully saturated rings. The van der Waals surface area contributed by atoms with Gasteiger partial charge in [-0.05, 0) is 44.6 Å². The van der Waals surface area contributed by atoms with Crippen molar-refractivity contribution in [1.29, 1.82) is 0 Å². The molecule has 0 aromatic rings. The van der Waals surface area contributed by atoms with Gasteiger partial charge in [0, 0.05) is 6.04 Å². The molecule has 92 valence electrons. The highest BCUT2D eigenvalue weighted by molar-refractivity contribution is 5.81. The molecule has 3 heteroatoms. The van der Waals surface area contributed by atoms with E-state index in [-0.39, 0.29) is 11.9 Å². The van der Waals surface area contributed by atoms with E-state index in [9.17, 15) is 4.79 Å². The standard InChI is InChI=1S/C13H24N2O/c1-9-4-3-5-11(9)8-14-10(2)13(16)15-12-6-7-12/h9-12,14H,3-8H2,1-2H3,(H,15,16). The van der Waals surface area contributed by atoms with E-state index >= 15 is 0 Å². The summed E-state index contributed by atoms with van der Waals surface area (Å²) in [5.41, 5.74) is 0. The maximum absolute atomic E-state index is 11.7. The lowest BCUT2D eigenvalue weighted by molar-refractivity contribution is -0.122. The highest BCUT2D eigenvalue weighted by Crippen LogP contribution is 2.30. The van der Waals surface area contributed by atoms with E-state index in [1.165, 1.54) is 19.3 Å². The monoisotopic (exact) mass is 224 g/mol. The smallest absolute Gasteiger partial charge is 0.237 e. The quantitative estimate of drug-likeness (QED) is 0.746. The second-order valence-electron chi connectivity index (χ2n) is 5.58. The number of hydrogen-bond acceptors (Lipinski definition) is 2. The Balaban J connectivity index is 1.65. The number of hydrogen-bond donors (Lipinski definition) is 2. The van der Waals surface area contributed by atoms with Crippen molar-refractivity contribution in [2.45, 2.75) is 58.0 Å². The third-order valence-electron chi connectivity index (χ3n) is 4.04. The molecule has 2 saturated carbocycles. The first-order valence-corrected chi connectivity index (χ1v) is 6.70. The maximum atomic E-state index is 11.7. The second kappa shape index (κ2) is 5.17. The molecule has 0 aromatic heterocycles. The van der Waals surface area contributed by atoms with E-state index < -0.39 is 0 Å². The van der Waals surface area contributed by atoms with Crippen molar-refractivity contribution in [1.82, 2.24) is 10.6 Å². The summed E-state index contributed by atoms with van der Waals surface area (Å²) in [6.45, 7) is 5.30. The molecule has 0 bridgehead atoms. The Kier molecular flexibility index (Phi) is 3.85. The number of nitrogens with one attached hydrogen (secondary N) is 2. The largest absolute Gasteiger partial charge is 0.352 e. The summed E-state index contributed by atoms with van der Waals surface area (Å²) >= 11 is 0. The van der Waals surface area contributed by atoms with E-state index in [1.54, 1.807) is 0 Å². The van der Waals surface area contributed by atoms with Crippen LogP contribution in [0.4, 0.5) is 0 Å². The van der Waals surface area contributed by atoms with Crippen LogP contribution in [0.25, 0.3) is 0 Å². The normalized spacial score (nSPS) is 31.4. The van der Waals surface area contributed by atoms with E-state index in [0.717, 1.165) is 31.2 Å². The van der Waals surface area contributed by atoms with Crippen LogP contribution in [0.1, 0.15) is 46.0 Å². The lowest BCUT2D eigenvalue weighted by Crippen LogP contribution is -2.44. The summed E-state index contributed by atoms with van der Waals surface area (Å²) < 4.78 is 0. The number of amides is 1. The van der Waals surface area contributed by atoms with Crippen molar-refractivity contribution in [3.63, 3.8) is 0 Å². The van der Waals surface area contributed by atoms with Gasteiger partial charge in [-0.3, -0.25) is 4.79 Å². The Morgan fingerprint density at radius 1 is 1.31 bits per heavy atom. The molecule has 3 atom stereocenters. The average Bonchev–Trinajstić information content (AvgIpc) is 2.97. The van der Waals surface area contributed by atoms with Crippen molar-refractivity contribution in [3.8, 4) is 0 Å². The fourth-order valence-electron chi connectivity index (χ4n) is 2.50. The molecular weight excluding hydrogens is 200 g/mol. The number of rotatable bonds is 5. The fourth-order valence-corrected chi connectivity index (χ4v) is 2.50. The lowest BCUT2D eigenvalue weighted by atomic mass is 9.98. The first kappa shape index (κ1) is 11.9. The zero-order chi connectivity index (χ0) is 11.5. The molecule has 2 N–H and O–H groups in total. The van der Waals surface area contributed by atoms with Crippen LogP contribution in [0, 0.1) is 11.8 Å². The first-order chi connectivity index (χ1) is 7.66. The van der Waals surface area contributed by atoms with Crippen LogP contribution in [0.15, 0.2) is 0 Å². The van der Waals surface area contributed by atoms with Crippen LogP contribution in [0.5, 0.6) is 0 Å². The van der Waals surface area contributed by atoms with Gasteiger partial charge in [0.2, 0.25) is 5.91 Å². The summed E-state index contributed by atoms with van der Waals surface area (Å²) in [5, 5.41) is 6.41. The van der Waals surface area contributed by atoms with Gasteiger partial charge in [0.15, 0.2) is 0 Å². The molecule has 2 aliphatic rings. The summed E-state index contributed by atoms with van der Waals surface area (Å²) in [6, 6.07) is 0.440. The van der Waals surface area contributed by atoms with Crippen molar-refractivity contribution in [2.75, 3.05) is 6.54 Å².